The van der Waals surface area contributed by atoms with E-state index in [2.05, 4.69) is 27.1 Å². The molecular formula is C19H20N4O2. The Morgan fingerprint density at radius 3 is 2.64 bits per heavy atom. The van der Waals surface area contributed by atoms with Crippen molar-refractivity contribution in [1.29, 1.82) is 0 Å². The minimum absolute atomic E-state index is 0.118. The molecule has 6 nitrogen and oxygen atoms in total. The van der Waals surface area contributed by atoms with Gasteiger partial charge in [-0.15, -0.1) is 0 Å². The van der Waals surface area contributed by atoms with E-state index in [1.807, 2.05) is 32.0 Å². The molecule has 2 heterocycles. The van der Waals surface area contributed by atoms with Crippen molar-refractivity contribution in [2.24, 2.45) is 0 Å². The molecule has 1 aliphatic carbocycles. The summed E-state index contributed by atoms with van der Waals surface area (Å²) in [5.74, 6) is 6.13. The number of anilines is 1. The Bertz CT molecular complexity index is 876. The van der Waals surface area contributed by atoms with E-state index in [1.165, 1.54) is 0 Å². The molecule has 1 aliphatic rings. The summed E-state index contributed by atoms with van der Waals surface area (Å²) in [5, 5.41) is 11.4. The molecule has 0 saturated carbocycles. The van der Waals surface area contributed by atoms with Gasteiger partial charge in [0.25, 0.3) is 0 Å². The van der Waals surface area contributed by atoms with Crippen molar-refractivity contribution in [3.05, 3.63) is 52.1 Å². The van der Waals surface area contributed by atoms with Gasteiger partial charge in [-0.3, -0.25) is 4.98 Å². The third-order valence-corrected chi connectivity index (χ3v) is 4.16. The number of amides is 1. The second-order valence-electron chi connectivity index (χ2n) is 6.31. The number of pyridine rings is 2. The molecular weight excluding hydrogens is 316 g/mol. The molecule has 0 aliphatic heterocycles. The molecule has 6 heteroatoms. The van der Waals surface area contributed by atoms with Crippen LogP contribution in [0.4, 0.5) is 10.5 Å². The summed E-state index contributed by atoms with van der Waals surface area (Å²) in [5.41, 5.74) is 11.8. The molecule has 0 radical (unpaired) electrons. The van der Waals surface area contributed by atoms with Crippen LogP contribution in [0.25, 0.3) is 0 Å². The fourth-order valence-electron chi connectivity index (χ4n) is 3.11. The van der Waals surface area contributed by atoms with Gasteiger partial charge in [-0.05, 0) is 56.4 Å². The van der Waals surface area contributed by atoms with Crippen molar-refractivity contribution in [3.8, 4) is 11.8 Å². The van der Waals surface area contributed by atoms with Crippen molar-refractivity contribution in [2.45, 2.75) is 39.2 Å². The molecule has 1 unspecified atom stereocenters. The number of aromatic nitrogens is 2. The third-order valence-electron chi connectivity index (χ3n) is 4.16. The zero-order valence-electron chi connectivity index (χ0n) is 14.3. The third kappa shape index (κ3) is 4.07. The smallest absolute Gasteiger partial charge is 0.404 e. The standard InChI is InChI=1S/C19H20N4O2/c1-11-7-13(8-12(2)21-11)3-6-17-16(20)9-14-4-5-15(22-19(24)25)10-18(14)23-17/h7-9,15,22H,4-5,10,20H2,1-2H3,(H,24,25). The van der Waals surface area contributed by atoms with Crippen molar-refractivity contribution < 1.29 is 9.90 Å². The SMILES string of the molecule is Cc1cc(C#Cc2nc3c(cc2N)CCC(NC(=O)O)C3)cc(C)n1. The monoisotopic (exact) mass is 336 g/mol. The predicted octanol–water partition coefficient (Wildman–Crippen LogP) is 2.20. The lowest BCUT2D eigenvalue weighted by atomic mass is 9.91. The van der Waals surface area contributed by atoms with Crippen molar-refractivity contribution in [3.63, 3.8) is 0 Å². The Kier molecular flexibility index (Phi) is 4.57. The van der Waals surface area contributed by atoms with Crippen LogP contribution >= 0.6 is 0 Å². The number of fused-ring (bicyclic) bond motifs is 1. The van der Waals surface area contributed by atoms with Crippen LogP contribution in [0.2, 0.25) is 0 Å². The van der Waals surface area contributed by atoms with Crippen LogP contribution in [-0.4, -0.2) is 27.2 Å². The van der Waals surface area contributed by atoms with Crippen LogP contribution in [0.1, 0.15) is 40.3 Å². The molecule has 25 heavy (non-hydrogen) atoms. The topological polar surface area (TPSA) is 101 Å². The first-order valence-electron chi connectivity index (χ1n) is 8.16. The second-order valence-corrected chi connectivity index (χ2v) is 6.31. The number of nitrogens with one attached hydrogen (secondary N) is 1. The van der Waals surface area contributed by atoms with Crippen molar-refractivity contribution in [1.82, 2.24) is 15.3 Å². The zero-order chi connectivity index (χ0) is 18.0. The summed E-state index contributed by atoms with van der Waals surface area (Å²) in [6.45, 7) is 3.86. The van der Waals surface area contributed by atoms with Gasteiger partial charge < -0.3 is 16.2 Å². The summed E-state index contributed by atoms with van der Waals surface area (Å²) in [7, 11) is 0. The van der Waals surface area contributed by atoms with Crippen molar-refractivity contribution >= 4 is 11.8 Å². The number of carbonyl (C=O) groups is 1. The fourth-order valence-corrected chi connectivity index (χ4v) is 3.11. The number of nitrogens with zero attached hydrogens (tertiary/aromatic N) is 2. The Hall–Kier alpha value is -3.07. The number of rotatable bonds is 1. The van der Waals surface area contributed by atoms with Gasteiger partial charge in [0.1, 0.15) is 5.69 Å². The number of nitrogens with two attached hydrogens (primary N) is 1. The maximum atomic E-state index is 10.8. The van der Waals surface area contributed by atoms with Crippen LogP contribution in [-0.2, 0) is 12.8 Å². The van der Waals surface area contributed by atoms with E-state index in [0.717, 1.165) is 41.1 Å². The molecule has 0 saturated heterocycles. The van der Waals surface area contributed by atoms with Crippen LogP contribution in [0.5, 0.6) is 0 Å². The predicted molar refractivity (Wildman–Crippen MR) is 95.3 cm³/mol. The maximum absolute atomic E-state index is 10.8. The molecule has 3 rings (SSSR count). The highest BCUT2D eigenvalue weighted by Crippen LogP contribution is 2.23. The molecule has 0 fully saturated rings. The van der Waals surface area contributed by atoms with Gasteiger partial charge in [0.15, 0.2) is 0 Å². The first-order chi connectivity index (χ1) is 11.9. The van der Waals surface area contributed by atoms with E-state index in [0.29, 0.717) is 17.8 Å². The summed E-state index contributed by atoms with van der Waals surface area (Å²) in [6.07, 6.45) is 1.06. The molecule has 1 amide bonds. The Morgan fingerprint density at radius 1 is 1.24 bits per heavy atom. The van der Waals surface area contributed by atoms with Gasteiger partial charge >= 0.3 is 6.09 Å². The minimum Gasteiger partial charge on any atom is -0.465 e. The normalized spacial score (nSPS) is 15.7. The molecule has 4 N–H and O–H groups in total. The number of carboxylic acid groups (broad SMARTS) is 1. The first kappa shape index (κ1) is 16.8. The van der Waals surface area contributed by atoms with E-state index in [-0.39, 0.29) is 6.04 Å². The largest absolute Gasteiger partial charge is 0.465 e. The summed E-state index contributed by atoms with van der Waals surface area (Å²) >= 11 is 0. The Morgan fingerprint density at radius 2 is 1.96 bits per heavy atom. The van der Waals surface area contributed by atoms with E-state index in [4.69, 9.17) is 10.8 Å². The Balaban J connectivity index is 1.89. The minimum atomic E-state index is -1.01. The number of aryl methyl sites for hydroxylation is 3. The summed E-state index contributed by atoms with van der Waals surface area (Å²) in [4.78, 5) is 19.8. The zero-order valence-corrected chi connectivity index (χ0v) is 14.3. The molecule has 2 aromatic heterocycles. The Labute approximate surface area is 146 Å². The highest BCUT2D eigenvalue weighted by atomic mass is 16.4. The van der Waals surface area contributed by atoms with Gasteiger partial charge in [0.2, 0.25) is 0 Å². The molecule has 1 atom stereocenters. The van der Waals surface area contributed by atoms with Crippen molar-refractivity contribution in [2.75, 3.05) is 5.73 Å². The molecule has 0 spiro atoms. The van der Waals surface area contributed by atoms with Crippen LogP contribution in [0.15, 0.2) is 18.2 Å². The first-order valence-corrected chi connectivity index (χ1v) is 8.16. The number of nitrogen functional groups attached to an aromatic ring is 1. The van der Waals surface area contributed by atoms with E-state index < -0.39 is 6.09 Å². The van der Waals surface area contributed by atoms with Crippen LogP contribution in [0.3, 0.4) is 0 Å². The average Bonchev–Trinajstić information content (AvgIpc) is 2.52. The molecule has 0 aromatic carbocycles. The quantitative estimate of drug-likeness (QED) is 0.693. The van der Waals surface area contributed by atoms with Gasteiger partial charge in [0, 0.05) is 35.1 Å². The maximum Gasteiger partial charge on any atom is 0.404 e. The number of hydrogen-bond acceptors (Lipinski definition) is 4. The van der Waals surface area contributed by atoms with E-state index >= 15 is 0 Å². The molecule has 0 bridgehead atoms. The summed E-state index contributed by atoms with van der Waals surface area (Å²) in [6, 6.07) is 5.63. The average molecular weight is 336 g/mol. The second kappa shape index (κ2) is 6.81. The van der Waals surface area contributed by atoms with Gasteiger partial charge in [-0.2, -0.15) is 0 Å². The lowest BCUT2D eigenvalue weighted by molar-refractivity contribution is 0.188. The highest BCUT2D eigenvalue weighted by molar-refractivity contribution is 5.65. The van der Waals surface area contributed by atoms with E-state index in [1.54, 1.807) is 0 Å². The van der Waals surface area contributed by atoms with Crippen LogP contribution < -0.4 is 11.1 Å². The van der Waals surface area contributed by atoms with Gasteiger partial charge in [0.05, 0.1) is 5.69 Å². The van der Waals surface area contributed by atoms with Gasteiger partial charge in [-0.25, -0.2) is 9.78 Å². The molecule has 128 valence electrons. The van der Waals surface area contributed by atoms with Gasteiger partial charge in [-0.1, -0.05) is 5.92 Å². The fraction of sp³-hybridized carbons (Fsp3) is 0.316. The van der Waals surface area contributed by atoms with E-state index in [9.17, 15) is 4.79 Å². The van der Waals surface area contributed by atoms with Crippen LogP contribution in [0, 0.1) is 25.7 Å². The summed E-state index contributed by atoms with van der Waals surface area (Å²) < 4.78 is 0. The number of hydrogen-bond donors (Lipinski definition) is 3. The molecule has 2 aromatic rings. The highest BCUT2D eigenvalue weighted by Gasteiger charge is 2.22. The lowest BCUT2D eigenvalue weighted by Crippen LogP contribution is -2.38. The lowest BCUT2D eigenvalue weighted by Gasteiger charge is -2.24.